The van der Waals surface area contributed by atoms with Crippen molar-refractivity contribution in [3.05, 3.63) is 29.6 Å². The van der Waals surface area contributed by atoms with Crippen molar-refractivity contribution in [2.45, 2.75) is 12.5 Å². The lowest BCUT2D eigenvalue weighted by Crippen LogP contribution is -2.31. The minimum Gasteiger partial charge on any atom is -0.369 e. The zero-order chi connectivity index (χ0) is 12.4. The van der Waals surface area contributed by atoms with Crippen LogP contribution < -0.4 is 4.90 Å². The van der Waals surface area contributed by atoms with Crippen LogP contribution in [-0.2, 0) is 0 Å². The van der Waals surface area contributed by atoms with Crippen molar-refractivity contribution in [1.82, 2.24) is 4.90 Å². The largest absolute Gasteiger partial charge is 0.369 e. The molecule has 1 saturated heterocycles. The molecule has 1 aliphatic rings. The van der Waals surface area contributed by atoms with Crippen molar-refractivity contribution in [2.24, 2.45) is 0 Å². The highest BCUT2D eigenvalue weighted by Crippen LogP contribution is 2.26. The minimum atomic E-state index is -0.439. The normalized spacial score (nSPS) is 20.0. The van der Waals surface area contributed by atoms with Crippen LogP contribution in [-0.4, -0.2) is 44.4 Å². The molecule has 1 unspecified atom stereocenters. The van der Waals surface area contributed by atoms with Crippen LogP contribution in [0.4, 0.5) is 10.1 Å². The maximum absolute atomic E-state index is 13.5. The van der Waals surface area contributed by atoms with E-state index in [1.165, 1.54) is 6.07 Å². The van der Waals surface area contributed by atoms with E-state index in [2.05, 4.69) is 9.80 Å². The predicted octanol–water partition coefficient (Wildman–Crippen LogP) is 1.78. The number of halogens is 1. The van der Waals surface area contributed by atoms with Gasteiger partial charge in [0, 0.05) is 19.1 Å². The van der Waals surface area contributed by atoms with Gasteiger partial charge in [0.25, 0.3) is 0 Å². The number of benzene rings is 1. The van der Waals surface area contributed by atoms with Crippen LogP contribution >= 0.6 is 0 Å². The van der Waals surface area contributed by atoms with Gasteiger partial charge in [0.1, 0.15) is 5.82 Å². The molecule has 0 N–H and O–H groups in total. The summed E-state index contributed by atoms with van der Waals surface area (Å²) in [6, 6.07) is 5.26. The van der Waals surface area contributed by atoms with Gasteiger partial charge in [-0.3, -0.25) is 4.79 Å². The average molecular weight is 236 g/mol. The van der Waals surface area contributed by atoms with Crippen molar-refractivity contribution in [1.29, 1.82) is 0 Å². The monoisotopic (exact) mass is 236 g/mol. The molecule has 1 aromatic rings. The maximum Gasteiger partial charge on any atom is 0.155 e. The van der Waals surface area contributed by atoms with Crippen LogP contribution in [0.3, 0.4) is 0 Å². The second-order valence-electron chi connectivity index (χ2n) is 4.64. The van der Waals surface area contributed by atoms with Crippen molar-refractivity contribution in [3.8, 4) is 0 Å². The zero-order valence-corrected chi connectivity index (χ0v) is 10.2. The number of hydrogen-bond acceptors (Lipinski definition) is 3. The molecule has 3 nitrogen and oxygen atoms in total. The van der Waals surface area contributed by atoms with Gasteiger partial charge in [-0.25, -0.2) is 4.39 Å². The zero-order valence-electron chi connectivity index (χ0n) is 10.2. The molecule has 1 fully saturated rings. The summed E-state index contributed by atoms with van der Waals surface area (Å²) >= 11 is 0. The van der Waals surface area contributed by atoms with E-state index in [0.717, 1.165) is 19.5 Å². The Hall–Kier alpha value is -1.42. The van der Waals surface area contributed by atoms with Crippen LogP contribution in [0.15, 0.2) is 18.2 Å². The molecule has 0 amide bonds. The minimum absolute atomic E-state index is 0.173. The molecule has 0 bridgehead atoms. The molecule has 1 aliphatic heterocycles. The predicted molar refractivity (Wildman–Crippen MR) is 66.1 cm³/mol. The third-order valence-electron chi connectivity index (χ3n) is 3.38. The quantitative estimate of drug-likeness (QED) is 0.747. The highest BCUT2D eigenvalue weighted by molar-refractivity contribution is 5.85. The van der Waals surface area contributed by atoms with Gasteiger partial charge in [0.15, 0.2) is 6.29 Å². The first kappa shape index (κ1) is 12.0. The third-order valence-corrected chi connectivity index (χ3v) is 3.38. The summed E-state index contributed by atoms with van der Waals surface area (Å²) in [6.07, 6.45) is 1.65. The topological polar surface area (TPSA) is 23.6 Å². The van der Waals surface area contributed by atoms with E-state index in [0.29, 0.717) is 18.0 Å². The summed E-state index contributed by atoms with van der Waals surface area (Å²) in [6.45, 7) is 1.71. The van der Waals surface area contributed by atoms with E-state index in [4.69, 9.17) is 0 Å². The second kappa shape index (κ2) is 4.84. The van der Waals surface area contributed by atoms with E-state index in [1.54, 1.807) is 6.07 Å². The van der Waals surface area contributed by atoms with Gasteiger partial charge in [0.05, 0.1) is 11.3 Å². The summed E-state index contributed by atoms with van der Waals surface area (Å²) < 4.78 is 13.5. The summed E-state index contributed by atoms with van der Waals surface area (Å²) in [5, 5.41) is 0. The number of carbonyl (C=O) groups excluding carboxylic acids is 1. The number of rotatable bonds is 3. The first-order chi connectivity index (χ1) is 8.13. The summed E-state index contributed by atoms with van der Waals surface area (Å²) in [5.74, 6) is -0.439. The molecule has 2 rings (SSSR count). The van der Waals surface area contributed by atoms with Gasteiger partial charge >= 0.3 is 0 Å². The molecule has 92 valence electrons. The Labute approximate surface area is 101 Å². The number of nitrogens with zero attached hydrogens (tertiary/aromatic N) is 2. The van der Waals surface area contributed by atoms with Crippen molar-refractivity contribution < 1.29 is 9.18 Å². The van der Waals surface area contributed by atoms with Gasteiger partial charge in [-0.05, 0) is 32.6 Å². The molecule has 0 radical (unpaired) electrons. The van der Waals surface area contributed by atoms with Gasteiger partial charge in [0.2, 0.25) is 0 Å². The van der Waals surface area contributed by atoms with E-state index in [-0.39, 0.29) is 5.56 Å². The Morgan fingerprint density at radius 1 is 1.47 bits per heavy atom. The number of carbonyl (C=O) groups is 1. The molecule has 0 saturated carbocycles. The lowest BCUT2D eigenvalue weighted by molar-refractivity contribution is 0.112. The summed E-state index contributed by atoms with van der Waals surface area (Å²) in [7, 11) is 4.08. The molecular formula is C13H17FN2O. The SMILES string of the molecule is CN(C)C1CCN(c2cccc(F)c2C=O)C1. The van der Waals surface area contributed by atoms with Gasteiger partial charge in [-0.1, -0.05) is 6.07 Å². The molecule has 17 heavy (non-hydrogen) atoms. The van der Waals surface area contributed by atoms with Crippen molar-refractivity contribution in [3.63, 3.8) is 0 Å². The first-order valence-electron chi connectivity index (χ1n) is 5.78. The Morgan fingerprint density at radius 2 is 2.24 bits per heavy atom. The number of hydrogen-bond donors (Lipinski definition) is 0. The highest BCUT2D eigenvalue weighted by Gasteiger charge is 2.26. The fourth-order valence-electron chi connectivity index (χ4n) is 2.30. The van der Waals surface area contributed by atoms with Crippen LogP contribution in [0.5, 0.6) is 0 Å². The first-order valence-corrected chi connectivity index (χ1v) is 5.78. The van der Waals surface area contributed by atoms with Gasteiger partial charge < -0.3 is 9.80 Å². The molecule has 0 spiro atoms. The van der Waals surface area contributed by atoms with Crippen molar-refractivity contribution >= 4 is 12.0 Å². The molecule has 0 aromatic heterocycles. The average Bonchev–Trinajstić information content (AvgIpc) is 2.77. The summed E-state index contributed by atoms with van der Waals surface area (Å²) in [4.78, 5) is 15.2. The molecule has 0 aliphatic carbocycles. The second-order valence-corrected chi connectivity index (χ2v) is 4.64. The lowest BCUT2D eigenvalue weighted by Gasteiger charge is -2.23. The van der Waals surface area contributed by atoms with E-state index >= 15 is 0 Å². The smallest absolute Gasteiger partial charge is 0.155 e. The Bertz CT molecular complexity index is 420. The Kier molecular flexibility index (Phi) is 3.43. The fraction of sp³-hybridized carbons (Fsp3) is 0.462. The van der Waals surface area contributed by atoms with Crippen molar-refractivity contribution in [2.75, 3.05) is 32.1 Å². The fourth-order valence-corrected chi connectivity index (χ4v) is 2.30. The Morgan fingerprint density at radius 3 is 2.82 bits per heavy atom. The van der Waals surface area contributed by atoms with Gasteiger partial charge in [-0.2, -0.15) is 0 Å². The number of anilines is 1. The molecule has 1 heterocycles. The van der Waals surface area contributed by atoms with Gasteiger partial charge in [-0.15, -0.1) is 0 Å². The highest BCUT2D eigenvalue weighted by atomic mass is 19.1. The molecule has 1 atom stereocenters. The molecule has 4 heteroatoms. The number of aldehydes is 1. The van der Waals surface area contributed by atoms with Crippen LogP contribution in [0.25, 0.3) is 0 Å². The maximum atomic E-state index is 13.5. The molecule has 1 aromatic carbocycles. The van der Waals surface area contributed by atoms with Crippen LogP contribution in [0.2, 0.25) is 0 Å². The lowest BCUT2D eigenvalue weighted by atomic mass is 10.1. The van der Waals surface area contributed by atoms with E-state index in [1.807, 2.05) is 20.2 Å². The van der Waals surface area contributed by atoms with E-state index in [9.17, 15) is 9.18 Å². The van der Waals surface area contributed by atoms with Crippen LogP contribution in [0.1, 0.15) is 16.8 Å². The standard InChI is InChI=1S/C13H17FN2O/c1-15(2)10-6-7-16(8-10)13-5-3-4-12(14)11(13)9-17/h3-5,9-10H,6-8H2,1-2H3. The van der Waals surface area contributed by atoms with Crippen LogP contribution in [0, 0.1) is 5.82 Å². The third kappa shape index (κ3) is 2.31. The Balaban J connectivity index is 2.24. The number of likely N-dealkylation sites (N-methyl/N-ethyl adjacent to an activating group) is 1. The summed E-state index contributed by atoms with van der Waals surface area (Å²) in [5.41, 5.74) is 0.885. The molecular weight excluding hydrogens is 219 g/mol. The van der Waals surface area contributed by atoms with E-state index < -0.39 is 5.82 Å².